The van der Waals surface area contributed by atoms with Crippen LogP contribution in [0.3, 0.4) is 0 Å². The number of carbonyl (C=O) groups is 1. The van der Waals surface area contributed by atoms with Gasteiger partial charge in [-0.1, -0.05) is 0 Å². The van der Waals surface area contributed by atoms with Gasteiger partial charge in [0.2, 0.25) is 0 Å². The average molecular weight is 391 g/mol. The van der Waals surface area contributed by atoms with Crippen LogP contribution in [0.4, 0.5) is 11.4 Å². The van der Waals surface area contributed by atoms with E-state index in [0.717, 1.165) is 23.5 Å². The first-order valence-corrected chi connectivity index (χ1v) is 8.91. The van der Waals surface area contributed by atoms with E-state index in [4.69, 9.17) is 0 Å². The zero-order valence-electron chi connectivity index (χ0n) is 15.7. The summed E-state index contributed by atoms with van der Waals surface area (Å²) in [6, 6.07) is 7.43. The molecule has 1 N–H and O–H groups in total. The van der Waals surface area contributed by atoms with Crippen molar-refractivity contribution in [3.63, 3.8) is 0 Å². The van der Waals surface area contributed by atoms with Gasteiger partial charge in [-0.25, -0.2) is 9.50 Å². The van der Waals surface area contributed by atoms with Crippen molar-refractivity contribution in [3.05, 3.63) is 70.3 Å². The fraction of sp³-hybridized carbons (Fsp3) is 0.158. The molecule has 0 spiro atoms. The highest BCUT2D eigenvalue weighted by molar-refractivity contribution is 6.08. The Morgan fingerprint density at radius 2 is 2.00 bits per heavy atom. The first-order valence-electron chi connectivity index (χ1n) is 8.91. The molecule has 0 fully saturated rings. The highest BCUT2D eigenvalue weighted by Crippen LogP contribution is 2.24. The largest absolute Gasteiger partial charge is 0.322 e. The second-order valence-corrected chi connectivity index (χ2v) is 6.37. The van der Waals surface area contributed by atoms with Gasteiger partial charge in [-0.05, 0) is 32.0 Å². The van der Waals surface area contributed by atoms with E-state index in [0.29, 0.717) is 16.9 Å². The monoisotopic (exact) mass is 391 g/mol. The van der Waals surface area contributed by atoms with Crippen LogP contribution in [0.15, 0.2) is 48.9 Å². The van der Waals surface area contributed by atoms with Gasteiger partial charge in [0.25, 0.3) is 11.6 Å². The van der Waals surface area contributed by atoms with E-state index < -0.39 is 10.8 Å². The molecular weight excluding hydrogens is 374 g/mol. The van der Waals surface area contributed by atoms with Gasteiger partial charge in [0.05, 0.1) is 22.5 Å². The number of anilines is 1. The van der Waals surface area contributed by atoms with Crippen molar-refractivity contribution in [2.75, 3.05) is 5.32 Å². The minimum Gasteiger partial charge on any atom is -0.322 e. The van der Waals surface area contributed by atoms with Gasteiger partial charge in [0.15, 0.2) is 5.65 Å². The minimum atomic E-state index is -0.495. The zero-order valence-corrected chi connectivity index (χ0v) is 15.7. The summed E-state index contributed by atoms with van der Waals surface area (Å²) in [5.41, 5.74) is 3.64. The van der Waals surface area contributed by atoms with Gasteiger partial charge >= 0.3 is 0 Å². The number of non-ortho nitro benzene ring substituents is 1. The zero-order chi connectivity index (χ0) is 20.5. The van der Waals surface area contributed by atoms with Crippen molar-refractivity contribution >= 4 is 22.9 Å². The van der Waals surface area contributed by atoms with E-state index in [2.05, 4.69) is 20.5 Å². The van der Waals surface area contributed by atoms with Crippen LogP contribution in [0.1, 0.15) is 23.0 Å². The number of nitro benzene ring substituents is 1. The van der Waals surface area contributed by atoms with Crippen molar-refractivity contribution in [3.8, 4) is 11.3 Å². The molecule has 10 heteroatoms. The van der Waals surface area contributed by atoms with Gasteiger partial charge in [0.1, 0.15) is 5.56 Å². The summed E-state index contributed by atoms with van der Waals surface area (Å²) in [4.78, 5) is 27.3. The molecule has 0 saturated carbocycles. The summed E-state index contributed by atoms with van der Waals surface area (Å²) in [5, 5.41) is 22.3. The number of fused-ring (bicyclic) bond motifs is 1. The Morgan fingerprint density at radius 1 is 1.24 bits per heavy atom. The van der Waals surface area contributed by atoms with Crippen LogP contribution in [0.2, 0.25) is 0 Å². The van der Waals surface area contributed by atoms with E-state index in [9.17, 15) is 14.9 Å². The molecule has 3 aromatic heterocycles. The lowest BCUT2D eigenvalue weighted by molar-refractivity contribution is -0.384. The second kappa shape index (κ2) is 7.15. The fourth-order valence-corrected chi connectivity index (χ4v) is 3.05. The first-order chi connectivity index (χ1) is 14.0. The van der Waals surface area contributed by atoms with E-state index in [1.54, 1.807) is 10.7 Å². The normalized spacial score (nSPS) is 11.0. The van der Waals surface area contributed by atoms with Gasteiger partial charge in [-0.3, -0.25) is 19.6 Å². The van der Waals surface area contributed by atoms with E-state index in [1.807, 2.05) is 30.8 Å². The number of nitro groups is 1. The molecule has 0 aliphatic heterocycles. The molecule has 0 atom stereocenters. The maximum absolute atomic E-state index is 12.7. The van der Waals surface area contributed by atoms with Gasteiger partial charge in [-0.2, -0.15) is 10.2 Å². The van der Waals surface area contributed by atoms with Crippen LogP contribution in [0.25, 0.3) is 16.9 Å². The molecule has 4 aromatic rings. The number of aromatic nitrogens is 5. The summed E-state index contributed by atoms with van der Waals surface area (Å²) in [6.07, 6.45) is 5.01. The van der Waals surface area contributed by atoms with Crippen molar-refractivity contribution in [2.24, 2.45) is 0 Å². The summed E-state index contributed by atoms with van der Waals surface area (Å²) >= 11 is 0. The third-order valence-electron chi connectivity index (χ3n) is 4.53. The molecule has 4 rings (SSSR count). The van der Waals surface area contributed by atoms with Gasteiger partial charge in [-0.15, -0.1) is 0 Å². The van der Waals surface area contributed by atoms with Crippen molar-refractivity contribution in [1.29, 1.82) is 0 Å². The molecule has 0 unspecified atom stereocenters. The molecule has 10 nitrogen and oxygen atoms in total. The van der Waals surface area contributed by atoms with Gasteiger partial charge in [0, 0.05) is 42.3 Å². The molecule has 0 aliphatic rings. The second-order valence-electron chi connectivity index (χ2n) is 6.37. The lowest BCUT2D eigenvalue weighted by Crippen LogP contribution is -2.12. The summed E-state index contributed by atoms with van der Waals surface area (Å²) in [5.74, 6) is -0.403. The first kappa shape index (κ1) is 18.3. The SMILES string of the molecule is CCn1cc(-c2ccnc3c(C(=O)Nc4ccc([N+](=O)[O-])cc4)cnn23)c(C)n1. The van der Waals surface area contributed by atoms with Crippen LogP contribution in [-0.4, -0.2) is 35.2 Å². The molecule has 0 bridgehead atoms. The van der Waals surface area contributed by atoms with Crippen LogP contribution in [0.5, 0.6) is 0 Å². The van der Waals surface area contributed by atoms with Gasteiger partial charge < -0.3 is 5.32 Å². The third kappa shape index (κ3) is 3.31. The van der Waals surface area contributed by atoms with Crippen LogP contribution in [0, 0.1) is 17.0 Å². The number of carbonyl (C=O) groups excluding carboxylic acids is 1. The number of rotatable bonds is 5. The molecule has 146 valence electrons. The fourth-order valence-electron chi connectivity index (χ4n) is 3.05. The Kier molecular flexibility index (Phi) is 4.51. The smallest absolute Gasteiger partial charge is 0.269 e. The summed E-state index contributed by atoms with van der Waals surface area (Å²) in [7, 11) is 0. The minimum absolute atomic E-state index is 0.0479. The number of nitrogens with one attached hydrogen (secondary N) is 1. The molecule has 29 heavy (non-hydrogen) atoms. The Morgan fingerprint density at radius 3 is 2.66 bits per heavy atom. The van der Waals surface area contributed by atoms with E-state index in [-0.39, 0.29) is 5.69 Å². The molecule has 1 aromatic carbocycles. The van der Waals surface area contributed by atoms with Crippen LogP contribution >= 0.6 is 0 Å². The lowest BCUT2D eigenvalue weighted by atomic mass is 10.2. The molecule has 0 radical (unpaired) electrons. The highest BCUT2D eigenvalue weighted by Gasteiger charge is 2.18. The predicted molar refractivity (Wildman–Crippen MR) is 106 cm³/mol. The Balaban J connectivity index is 1.67. The van der Waals surface area contributed by atoms with Crippen molar-refractivity contribution < 1.29 is 9.72 Å². The number of hydrogen-bond donors (Lipinski definition) is 1. The quantitative estimate of drug-likeness (QED) is 0.412. The summed E-state index contributed by atoms with van der Waals surface area (Å²) < 4.78 is 3.44. The molecule has 1 amide bonds. The molecule has 0 aliphatic carbocycles. The van der Waals surface area contributed by atoms with Crippen LogP contribution < -0.4 is 5.32 Å². The maximum atomic E-state index is 12.7. The van der Waals surface area contributed by atoms with E-state index >= 15 is 0 Å². The molecular formula is C19H17N7O3. The maximum Gasteiger partial charge on any atom is 0.269 e. The molecule has 0 saturated heterocycles. The van der Waals surface area contributed by atoms with Crippen LogP contribution in [-0.2, 0) is 6.54 Å². The molecule has 3 heterocycles. The summed E-state index contributed by atoms with van der Waals surface area (Å²) in [6.45, 7) is 4.67. The number of aryl methyl sites for hydroxylation is 2. The highest BCUT2D eigenvalue weighted by atomic mass is 16.6. The Labute approximate surface area is 165 Å². The number of benzene rings is 1. The standard InChI is InChI=1S/C19H17N7O3/c1-3-24-11-16(12(2)23-24)17-8-9-20-18-15(10-21-25(17)18)19(27)22-13-4-6-14(7-5-13)26(28)29/h4-11H,3H2,1-2H3,(H,22,27). The third-order valence-corrected chi connectivity index (χ3v) is 4.53. The van der Waals surface area contributed by atoms with E-state index in [1.165, 1.54) is 30.5 Å². The predicted octanol–water partition coefficient (Wildman–Crippen LogP) is 3.08. The lowest BCUT2D eigenvalue weighted by Gasteiger charge is -2.05. The Bertz CT molecular complexity index is 1220. The number of hydrogen-bond acceptors (Lipinski definition) is 6. The number of nitrogens with zero attached hydrogens (tertiary/aromatic N) is 6. The Hall–Kier alpha value is -4.08. The van der Waals surface area contributed by atoms with Crippen molar-refractivity contribution in [2.45, 2.75) is 20.4 Å². The topological polar surface area (TPSA) is 120 Å². The van der Waals surface area contributed by atoms with Crippen molar-refractivity contribution in [1.82, 2.24) is 24.4 Å². The number of amides is 1. The average Bonchev–Trinajstić information content (AvgIpc) is 3.31.